The number of hydrogen-bond acceptors (Lipinski definition) is 3. The number of carbonyl (C=O) groups is 1. The number of nitrogens with one attached hydrogen (secondary N) is 2. The highest BCUT2D eigenvalue weighted by Gasteiger charge is 2.33. The largest absolute Gasteiger partial charge is 0.342 e. The van der Waals surface area contributed by atoms with Crippen LogP contribution in [0, 0.1) is 0 Å². The van der Waals surface area contributed by atoms with Gasteiger partial charge in [-0.25, -0.2) is 4.98 Å². The SMILES string of the molecule is O=C(N[C@H]1c2ccccc2CC[C@H]1n1ccnc1)c1cc(C2CC2)[nH]n1. The molecule has 2 heterocycles. The average molecular weight is 347 g/mol. The molecule has 2 aliphatic rings. The molecule has 2 N–H and O–H groups in total. The Balaban J connectivity index is 1.45. The van der Waals surface area contributed by atoms with Gasteiger partial charge >= 0.3 is 0 Å². The van der Waals surface area contributed by atoms with Crippen molar-refractivity contribution >= 4 is 5.91 Å². The summed E-state index contributed by atoms with van der Waals surface area (Å²) in [6.07, 6.45) is 9.92. The highest BCUT2D eigenvalue weighted by atomic mass is 16.2. The standard InChI is InChI=1S/C20H21N5O/c26-20(17-11-16(23-24-17)14-5-6-14)22-19-15-4-2-1-3-13(15)7-8-18(19)25-10-9-21-12-25/h1-4,9-12,14,18-19H,5-8H2,(H,22,26)(H,23,24)/t18-,19+/m1/s1. The quantitative estimate of drug-likeness (QED) is 0.761. The van der Waals surface area contributed by atoms with Crippen LogP contribution in [0.4, 0.5) is 0 Å². The van der Waals surface area contributed by atoms with Crippen LogP contribution in [0.1, 0.15) is 64.6 Å². The van der Waals surface area contributed by atoms with Crippen molar-refractivity contribution in [3.8, 4) is 0 Å². The second-order valence-electron chi connectivity index (χ2n) is 7.25. The maximum atomic E-state index is 12.9. The fourth-order valence-corrected chi connectivity index (χ4v) is 3.97. The van der Waals surface area contributed by atoms with Crippen LogP contribution in [-0.4, -0.2) is 25.7 Å². The summed E-state index contributed by atoms with van der Waals surface area (Å²) in [4.78, 5) is 17.1. The number of nitrogens with zero attached hydrogens (tertiary/aromatic N) is 3. The first-order chi connectivity index (χ1) is 12.8. The Morgan fingerprint density at radius 1 is 1.23 bits per heavy atom. The fourth-order valence-electron chi connectivity index (χ4n) is 3.97. The minimum absolute atomic E-state index is 0.0947. The predicted octanol–water partition coefficient (Wildman–Crippen LogP) is 3.14. The molecule has 2 aromatic heterocycles. The Kier molecular flexibility index (Phi) is 3.62. The summed E-state index contributed by atoms with van der Waals surface area (Å²) >= 11 is 0. The zero-order valence-electron chi connectivity index (χ0n) is 14.4. The predicted molar refractivity (Wildman–Crippen MR) is 96.8 cm³/mol. The molecule has 2 aliphatic carbocycles. The highest BCUT2D eigenvalue weighted by molar-refractivity contribution is 5.92. The number of rotatable bonds is 4. The molecule has 0 bridgehead atoms. The lowest BCUT2D eigenvalue weighted by Gasteiger charge is -2.34. The van der Waals surface area contributed by atoms with E-state index in [0.29, 0.717) is 11.6 Å². The van der Waals surface area contributed by atoms with Gasteiger partial charge in [0.15, 0.2) is 0 Å². The first kappa shape index (κ1) is 15.4. The van der Waals surface area contributed by atoms with Crippen LogP contribution in [0.15, 0.2) is 49.1 Å². The van der Waals surface area contributed by atoms with Gasteiger partial charge in [0.25, 0.3) is 5.91 Å². The van der Waals surface area contributed by atoms with Gasteiger partial charge in [0.05, 0.1) is 18.4 Å². The van der Waals surface area contributed by atoms with Crippen molar-refractivity contribution in [2.45, 2.75) is 43.7 Å². The van der Waals surface area contributed by atoms with Crippen LogP contribution in [0.2, 0.25) is 0 Å². The average Bonchev–Trinajstić information content (AvgIpc) is 3.17. The van der Waals surface area contributed by atoms with Crippen molar-refractivity contribution < 1.29 is 4.79 Å². The summed E-state index contributed by atoms with van der Waals surface area (Å²) in [7, 11) is 0. The van der Waals surface area contributed by atoms with Crippen LogP contribution >= 0.6 is 0 Å². The van der Waals surface area contributed by atoms with E-state index in [-0.39, 0.29) is 18.0 Å². The summed E-state index contributed by atoms with van der Waals surface area (Å²) in [5.41, 5.74) is 4.03. The number of aromatic nitrogens is 4. The number of aromatic amines is 1. The van der Waals surface area contributed by atoms with Crippen LogP contribution in [-0.2, 0) is 6.42 Å². The molecule has 1 fully saturated rings. The number of amides is 1. The summed E-state index contributed by atoms with van der Waals surface area (Å²) < 4.78 is 2.10. The molecule has 5 rings (SSSR count). The third-order valence-corrected chi connectivity index (χ3v) is 5.53. The van der Waals surface area contributed by atoms with Crippen molar-refractivity contribution in [1.29, 1.82) is 0 Å². The van der Waals surface area contributed by atoms with Gasteiger partial charge in [-0.2, -0.15) is 5.10 Å². The monoisotopic (exact) mass is 347 g/mol. The van der Waals surface area contributed by atoms with Crippen LogP contribution in [0.3, 0.4) is 0 Å². The van der Waals surface area contributed by atoms with Gasteiger partial charge < -0.3 is 9.88 Å². The van der Waals surface area contributed by atoms with Crippen molar-refractivity contribution in [2.75, 3.05) is 0 Å². The summed E-state index contributed by atoms with van der Waals surface area (Å²) in [5.74, 6) is 0.429. The molecule has 26 heavy (non-hydrogen) atoms. The topological polar surface area (TPSA) is 75.6 Å². The van der Waals surface area contributed by atoms with E-state index in [1.165, 1.54) is 24.0 Å². The smallest absolute Gasteiger partial charge is 0.272 e. The minimum atomic E-state index is -0.125. The van der Waals surface area contributed by atoms with Gasteiger partial charge in [-0.3, -0.25) is 9.89 Å². The molecule has 1 saturated carbocycles. The van der Waals surface area contributed by atoms with Crippen LogP contribution in [0.25, 0.3) is 0 Å². The molecular weight excluding hydrogens is 326 g/mol. The number of H-pyrrole nitrogens is 1. The third-order valence-electron chi connectivity index (χ3n) is 5.53. The Morgan fingerprint density at radius 3 is 2.92 bits per heavy atom. The van der Waals surface area contributed by atoms with E-state index >= 15 is 0 Å². The Morgan fingerprint density at radius 2 is 2.12 bits per heavy atom. The molecule has 0 spiro atoms. The van der Waals surface area contributed by atoms with E-state index in [4.69, 9.17) is 0 Å². The van der Waals surface area contributed by atoms with E-state index in [2.05, 4.69) is 43.3 Å². The summed E-state index contributed by atoms with van der Waals surface area (Å²) in [6.45, 7) is 0. The van der Waals surface area contributed by atoms with E-state index in [9.17, 15) is 4.79 Å². The molecule has 1 aromatic carbocycles. The summed E-state index contributed by atoms with van der Waals surface area (Å²) in [6, 6.07) is 10.3. The number of hydrogen-bond donors (Lipinski definition) is 2. The van der Waals surface area contributed by atoms with Crippen molar-refractivity contribution in [3.05, 3.63) is 71.6 Å². The number of fused-ring (bicyclic) bond motifs is 1. The van der Waals surface area contributed by atoms with Crippen LogP contribution < -0.4 is 5.32 Å². The maximum Gasteiger partial charge on any atom is 0.272 e. The van der Waals surface area contributed by atoms with E-state index in [1.54, 1.807) is 6.20 Å². The Hall–Kier alpha value is -2.89. The Labute approximate surface area is 151 Å². The fraction of sp³-hybridized carbons (Fsp3) is 0.350. The van der Waals surface area contributed by atoms with Gasteiger partial charge in [-0.1, -0.05) is 24.3 Å². The van der Waals surface area contributed by atoms with Gasteiger partial charge in [0.2, 0.25) is 0 Å². The third kappa shape index (κ3) is 2.71. The normalized spacial score (nSPS) is 22.0. The molecule has 6 heteroatoms. The molecule has 0 radical (unpaired) electrons. The van der Waals surface area contributed by atoms with Crippen molar-refractivity contribution in [3.63, 3.8) is 0 Å². The van der Waals surface area contributed by atoms with Gasteiger partial charge in [0, 0.05) is 24.0 Å². The van der Waals surface area contributed by atoms with Crippen molar-refractivity contribution in [2.24, 2.45) is 0 Å². The lowest BCUT2D eigenvalue weighted by Crippen LogP contribution is -2.37. The molecule has 0 aliphatic heterocycles. The van der Waals surface area contributed by atoms with Crippen LogP contribution in [0.5, 0.6) is 0 Å². The highest BCUT2D eigenvalue weighted by Crippen LogP contribution is 2.40. The molecule has 0 saturated heterocycles. The van der Waals surface area contributed by atoms with Crippen molar-refractivity contribution in [1.82, 2.24) is 25.1 Å². The Bertz CT molecular complexity index is 925. The molecule has 6 nitrogen and oxygen atoms in total. The molecule has 132 valence electrons. The lowest BCUT2D eigenvalue weighted by molar-refractivity contribution is 0.0913. The summed E-state index contributed by atoms with van der Waals surface area (Å²) in [5, 5.41) is 10.5. The molecule has 0 unspecified atom stereocenters. The van der Waals surface area contributed by atoms with Gasteiger partial charge in [-0.15, -0.1) is 0 Å². The number of aryl methyl sites for hydroxylation is 1. The molecule has 3 aromatic rings. The van der Waals surface area contributed by atoms with Gasteiger partial charge in [-0.05, 0) is 42.9 Å². The maximum absolute atomic E-state index is 12.9. The van der Waals surface area contributed by atoms with Gasteiger partial charge in [0.1, 0.15) is 5.69 Å². The zero-order valence-corrected chi connectivity index (χ0v) is 14.4. The first-order valence-corrected chi connectivity index (χ1v) is 9.21. The number of imidazole rings is 1. The molecular formula is C20H21N5O. The van der Waals surface area contributed by atoms with E-state index in [0.717, 1.165) is 18.5 Å². The first-order valence-electron chi connectivity index (χ1n) is 9.21. The lowest BCUT2D eigenvalue weighted by atomic mass is 9.83. The molecule has 2 atom stereocenters. The molecule has 1 amide bonds. The minimum Gasteiger partial charge on any atom is -0.342 e. The van der Waals surface area contributed by atoms with E-state index < -0.39 is 0 Å². The number of carbonyl (C=O) groups excluding carboxylic acids is 1. The number of benzene rings is 1. The second-order valence-corrected chi connectivity index (χ2v) is 7.25. The zero-order chi connectivity index (χ0) is 17.5. The second kappa shape index (κ2) is 6.12. The van der Waals surface area contributed by atoms with E-state index in [1.807, 2.05) is 24.7 Å².